The summed E-state index contributed by atoms with van der Waals surface area (Å²) in [5, 5.41) is 13.3. The van der Waals surface area contributed by atoms with E-state index in [-0.39, 0.29) is 0 Å². The third-order valence-corrected chi connectivity index (χ3v) is 3.39. The van der Waals surface area contributed by atoms with E-state index in [9.17, 15) is 0 Å². The number of hydrogen-bond acceptors (Lipinski definition) is 2. The van der Waals surface area contributed by atoms with E-state index in [1.807, 2.05) is 35.0 Å². The first kappa shape index (κ1) is 12.8. The average Bonchev–Trinajstić information content (AvgIpc) is 2.74. The molecule has 2 aromatic rings. The van der Waals surface area contributed by atoms with Crippen molar-refractivity contribution in [2.75, 3.05) is 0 Å². The molecule has 92 valence electrons. The van der Waals surface area contributed by atoms with Crippen molar-refractivity contribution in [1.82, 2.24) is 9.78 Å². The number of aromatic nitrogens is 2. The Hall–Kier alpha value is -1.60. The minimum Gasteiger partial charge on any atom is -0.236 e. The molecular weight excluding hydrogens is 290 g/mol. The summed E-state index contributed by atoms with van der Waals surface area (Å²) in [5.74, 6) is 0.358. The lowest BCUT2D eigenvalue weighted by Gasteiger charge is -2.11. The Morgan fingerprint density at radius 3 is 2.72 bits per heavy atom. The van der Waals surface area contributed by atoms with Gasteiger partial charge in [-0.3, -0.25) is 0 Å². The fourth-order valence-corrected chi connectivity index (χ4v) is 2.29. The fraction of sp³-hybridized carbons (Fsp3) is 0.286. The summed E-state index contributed by atoms with van der Waals surface area (Å²) in [6.45, 7) is 4.25. The number of para-hydroxylation sites is 1. The summed E-state index contributed by atoms with van der Waals surface area (Å²) < 4.78 is 2.92. The molecule has 1 aromatic carbocycles. The second-order valence-electron chi connectivity index (χ2n) is 4.41. The van der Waals surface area contributed by atoms with Crippen LogP contribution in [-0.4, -0.2) is 9.78 Å². The molecule has 0 bridgehead atoms. The summed E-state index contributed by atoms with van der Waals surface area (Å²) in [7, 11) is 0. The van der Waals surface area contributed by atoms with Crippen molar-refractivity contribution in [3.63, 3.8) is 0 Å². The highest BCUT2D eigenvalue weighted by atomic mass is 79.9. The normalized spacial score (nSPS) is 10.6. The van der Waals surface area contributed by atoms with Gasteiger partial charge in [-0.1, -0.05) is 26.0 Å². The van der Waals surface area contributed by atoms with Crippen LogP contribution in [0.25, 0.3) is 5.69 Å². The van der Waals surface area contributed by atoms with Crippen LogP contribution in [0.5, 0.6) is 0 Å². The van der Waals surface area contributed by atoms with Crippen molar-refractivity contribution in [1.29, 1.82) is 5.26 Å². The van der Waals surface area contributed by atoms with E-state index in [2.05, 4.69) is 40.9 Å². The van der Waals surface area contributed by atoms with Crippen LogP contribution in [0.2, 0.25) is 0 Å². The molecule has 0 saturated heterocycles. The minimum absolute atomic E-state index is 0.344. The molecule has 2 rings (SSSR count). The van der Waals surface area contributed by atoms with Gasteiger partial charge in [0.25, 0.3) is 0 Å². The van der Waals surface area contributed by atoms with Crippen molar-refractivity contribution in [3.8, 4) is 11.8 Å². The lowest BCUT2D eigenvalue weighted by molar-refractivity contribution is 0.728. The van der Waals surface area contributed by atoms with Crippen LogP contribution in [0.15, 0.2) is 34.8 Å². The van der Waals surface area contributed by atoms with Crippen LogP contribution in [-0.2, 0) is 6.42 Å². The fourth-order valence-electron chi connectivity index (χ4n) is 1.84. The van der Waals surface area contributed by atoms with Gasteiger partial charge in [-0.25, -0.2) is 4.68 Å². The van der Waals surface area contributed by atoms with Crippen LogP contribution in [0.3, 0.4) is 0 Å². The molecule has 0 aliphatic carbocycles. The second kappa shape index (κ2) is 5.36. The lowest BCUT2D eigenvalue weighted by Crippen LogP contribution is -2.04. The number of hydrogen-bond donors (Lipinski definition) is 0. The van der Waals surface area contributed by atoms with Crippen LogP contribution in [0.1, 0.15) is 31.2 Å². The standard InChI is InChI=1S/C14H14BrN3/c1-10(2)14-9-11(7-8-16)17-18(14)13-6-4-3-5-12(13)15/h3-6,9-10H,7H2,1-2H3. The quantitative estimate of drug-likeness (QED) is 0.865. The summed E-state index contributed by atoms with van der Waals surface area (Å²) >= 11 is 3.54. The Balaban J connectivity index is 2.56. The van der Waals surface area contributed by atoms with Crippen molar-refractivity contribution in [3.05, 3.63) is 46.2 Å². The SMILES string of the molecule is CC(C)c1cc(CC#N)nn1-c1ccccc1Br. The number of nitrogens with zero attached hydrogens (tertiary/aromatic N) is 3. The molecule has 0 atom stereocenters. The van der Waals surface area contributed by atoms with Crippen LogP contribution in [0.4, 0.5) is 0 Å². The zero-order valence-corrected chi connectivity index (χ0v) is 12.0. The van der Waals surface area contributed by atoms with E-state index in [0.29, 0.717) is 12.3 Å². The smallest absolute Gasteiger partial charge is 0.0793 e. The molecule has 0 unspecified atom stereocenters. The van der Waals surface area contributed by atoms with Gasteiger partial charge in [-0.15, -0.1) is 0 Å². The number of halogens is 1. The van der Waals surface area contributed by atoms with Gasteiger partial charge in [0.05, 0.1) is 23.9 Å². The van der Waals surface area contributed by atoms with Crippen LogP contribution < -0.4 is 0 Å². The van der Waals surface area contributed by atoms with E-state index in [0.717, 1.165) is 21.5 Å². The van der Waals surface area contributed by atoms with Crippen molar-refractivity contribution in [2.45, 2.75) is 26.2 Å². The minimum atomic E-state index is 0.344. The summed E-state index contributed by atoms with van der Waals surface area (Å²) in [5.41, 5.74) is 2.94. The molecule has 0 saturated carbocycles. The van der Waals surface area contributed by atoms with Gasteiger partial charge in [0.2, 0.25) is 0 Å². The van der Waals surface area contributed by atoms with E-state index in [1.54, 1.807) is 0 Å². The molecule has 1 aromatic heterocycles. The van der Waals surface area contributed by atoms with Gasteiger partial charge in [0.15, 0.2) is 0 Å². The highest BCUT2D eigenvalue weighted by Gasteiger charge is 2.14. The first-order chi connectivity index (χ1) is 8.63. The molecule has 0 fully saturated rings. The molecule has 1 heterocycles. The maximum absolute atomic E-state index is 8.78. The third-order valence-electron chi connectivity index (χ3n) is 2.72. The van der Waals surface area contributed by atoms with E-state index < -0.39 is 0 Å². The Morgan fingerprint density at radius 1 is 1.39 bits per heavy atom. The van der Waals surface area contributed by atoms with Gasteiger partial charge >= 0.3 is 0 Å². The zero-order valence-electron chi connectivity index (χ0n) is 10.4. The molecule has 0 aliphatic heterocycles. The molecule has 18 heavy (non-hydrogen) atoms. The molecule has 0 amide bonds. The van der Waals surface area contributed by atoms with Crippen LogP contribution in [0, 0.1) is 11.3 Å². The van der Waals surface area contributed by atoms with Gasteiger partial charge in [-0.05, 0) is 40.0 Å². The highest BCUT2D eigenvalue weighted by molar-refractivity contribution is 9.10. The first-order valence-corrected chi connectivity index (χ1v) is 6.63. The predicted molar refractivity (Wildman–Crippen MR) is 74.7 cm³/mol. The molecule has 4 heteroatoms. The maximum atomic E-state index is 8.78. The number of rotatable bonds is 3. The summed E-state index contributed by atoms with van der Waals surface area (Å²) in [4.78, 5) is 0. The molecule has 0 aliphatic rings. The van der Waals surface area contributed by atoms with E-state index in [1.165, 1.54) is 0 Å². The largest absolute Gasteiger partial charge is 0.236 e. The second-order valence-corrected chi connectivity index (χ2v) is 5.27. The van der Waals surface area contributed by atoms with Gasteiger partial charge in [-0.2, -0.15) is 10.4 Å². The van der Waals surface area contributed by atoms with Crippen molar-refractivity contribution in [2.24, 2.45) is 0 Å². The zero-order chi connectivity index (χ0) is 13.1. The van der Waals surface area contributed by atoms with Gasteiger partial charge < -0.3 is 0 Å². The van der Waals surface area contributed by atoms with Crippen LogP contribution >= 0.6 is 15.9 Å². The van der Waals surface area contributed by atoms with Gasteiger partial charge in [0, 0.05) is 10.2 Å². The topological polar surface area (TPSA) is 41.6 Å². The van der Waals surface area contributed by atoms with Crippen molar-refractivity contribution < 1.29 is 0 Å². The first-order valence-electron chi connectivity index (χ1n) is 5.84. The predicted octanol–water partition coefficient (Wildman–Crippen LogP) is 3.82. The van der Waals surface area contributed by atoms with Gasteiger partial charge in [0.1, 0.15) is 0 Å². The molecule has 3 nitrogen and oxygen atoms in total. The maximum Gasteiger partial charge on any atom is 0.0793 e. The third kappa shape index (κ3) is 2.46. The molecule has 0 radical (unpaired) electrons. The average molecular weight is 304 g/mol. The number of nitriles is 1. The Morgan fingerprint density at radius 2 is 2.11 bits per heavy atom. The Kier molecular flexibility index (Phi) is 3.83. The molecular formula is C14H14BrN3. The molecule has 0 N–H and O–H groups in total. The van der Waals surface area contributed by atoms with Crippen molar-refractivity contribution >= 4 is 15.9 Å². The number of benzene rings is 1. The highest BCUT2D eigenvalue weighted by Crippen LogP contribution is 2.25. The summed E-state index contributed by atoms with van der Waals surface area (Å²) in [6.07, 6.45) is 0.344. The molecule has 0 spiro atoms. The van der Waals surface area contributed by atoms with E-state index in [4.69, 9.17) is 5.26 Å². The lowest BCUT2D eigenvalue weighted by atomic mass is 10.1. The monoisotopic (exact) mass is 303 g/mol. The van der Waals surface area contributed by atoms with E-state index >= 15 is 0 Å². The Bertz CT molecular complexity index is 593. The Labute approximate surface area is 115 Å². The summed E-state index contributed by atoms with van der Waals surface area (Å²) in [6, 6.07) is 12.1.